The van der Waals surface area contributed by atoms with Crippen LogP contribution in [0.15, 0.2) is 51.7 Å². The first kappa shape index (κ1) is 21.3. The minimum Gasteiger partial charge on any atom is -0.408 e. The molecule has 1 aliphatic heterocycles. The Morgan fingerprint density at radius 3 is 2.77 bits per heavy atom. The zero-order valence-corrected chi connectivity index (χ0v) is 16.7. The molecule has 8 nitrogen and oxygen atoms in total. The zero-order chi connectivity index (χ0) is 21.3. The number of aromatic nitrogens is 1. The molecule has 0 saturated carbocycles. The molecule has 0 radical (unpaired) electrons. The van der Waals surface area contributed by atoms with Crippen molar-refractivity contribution in [3.8, 4) is 17.2 Å². The minimum atomic E-state index is -0.448. The van der Waals surface area contributed by atoms with E-state index in [2.05, 4.69) is 46.8 Å². The van der Waals surface area contributed by atoms with Gasteiger partial charge in [-0.05, 0) is 43.1 Å². The van der Waals surface area contributed by atoms with E-state index in [0.717, 1.165) is 29.6 Å². The van der Waals surface area contributed by atoms with Gasteiger partial charge in [-0.1, -0.05) is 35.9 Å². The molecule has 3 N–H and O–H groups in total. The van der Waals surface area contributed by atoms with Crippen molar-refractivity contribution in [2.24, 2.45) is 0 Å². The molecule has 8 heteroatoms. The Morgan fingerprint density at radius 1 is 1.23 bits per heavy atom. The molecule has 1 amide bonds. The predicted octanol–water partition coefficient (Wildman–Crippen LogP) is 2.10. The maximum atomic E-state index is 11.3. The van der Waals surface area contributed by atoms with E-state index in [1.54, 1.807) is 0 Å². The second kappa shape index (κ2) is 10.4. The molecule has 30 heavy (non-hydrogen) atoms. The molecule has 156 valence electrons. The molecule has 0 bridgehead atoms. The summed E-state index contributed by atoms with van der Waals surface area (Å²) < 4.78 is 10.2. The molecule has 1 saturated heterocycles. The predicted molar refractivity (Wildman–Crippen MR) is 113 cm³/mol. The molecule has 1 fully saturated rings. The summed E-state index contributed by atoms with van der Waals surface area (Å²) in [6.45, 7) is 4.09. The van der Waals surface area contributed by atoms with Crippen LogP contribution in [0.25, 0.3) is 22.2 Å². The number of nitrogens with zero attached hydrogens (tertiary/aromatic N) is 1. The summed E-state index contributed by atoms with van der Waals surface area (Å²) in [4.78, 5) is 25.0. The van der Waals surface area contributed by atoms with Crippen LogP contribution >= 0.6 is 0 Å². The molecule has 0 spiro atoms. The van der Waals surface area contributed by atoms with Gasteiger partial charge in [0.15, 0.2) is 5.58 Å². The highest BCUT2D eigenvalue weighted by Crippen LogP contribution is 2.23. The van der Waals surface area contributed by atoms with Crippen molar-refractivity contribution in [3.63, 3.8) is 0 Å². The Hall–Kier alpha value is -3.41. The van der Waals surface area contributed by atoms with Gasteiger partial charge >= 0.3 is 5.76 Å². The first-order chi connectivity index (χ1) is 14.6. The summed E-state index contributed by atoms with van der Waals surface area (Å²) in [6.07, 6.45) is 0.470. The second-order valence-corrected chi connectivity index (χ2v) is 6.88. The molecule has 2 aromatic carbocycles. The first-order valence-electron chi connectivity index (χ1n) is 9.74. The van der Waals surface area contributed by atoms with E-state index in [1.807, 2.05) is 24.3 Å². The number of nitriles is 1. The highest BCUT2D eigenvalue weighted by atomic mass is 16.5. The number of hydrogen-bond acceptors (Lipinski definition) is 6. The third-order valence-electron chi connectivity index (χ3n) is 4.58. The minimum absolute atomic E-state index is 0.0404. The fraction of sp³-hybridized carbons (Fsp3) is 0.318. The lowest BCUT2D eigenvalue weighted by atomic mass is 10.0. The van der Waals surface area contributed by atoms with Crippen LogP contribution in [0.3, 0.4) is 0 Å². The smallest absolute Gasteiger partial charge is 0.408 e. The Kier molecular flexibility index (Phi) is 7.38. The number of H-pyrrole nitrogens is 1. The summed E-state index contributed by atoms with van der Waals surface area (Å²) >= 11 is 0. The molecule has 0 aliphatic carbocycles. The van der Waals surface area contributed by atoms with Crippen molar-refractivity contribution in [1.29, 1.82) is 5.26 Å². The molecular formula is C22H24N4O4. The second-order valence-electron chi connectivity index (χ2n) is 6.88. The van der Waals surface area contributed by atoms with Gasteiger partial charge in [0.1, 0.15) is 12.6 Å². The van der Waals surface area contributed by atoms with Gasteiger partial charge in [0.2, 0.25) is 0 Å². The quantitative estimate of drug-likeness (QED) is 0.571. The van der Waals surface area contributed by atoms with Gasteiger partial charge in [-0.2, -0.15) is 5.26 Å². The fourth-order valence-corrected chi connectivity index (χ4v) is 3.00. The van der Waals surface area contributed by atoms with Gasteiger partial charge in [0, 0.05) is 13.2 Å². The Balaban J connectivity index is 0.000000178. The number of aryl methyl sites for hydroxylation is 1. The number of benzene rings is 2. The summed E-state index contributed by atoms with van der Waals surface area (Å²) in [5.74, 6) is -0.628. The third kappa shape index (κ3) is 5.80. The van der Waals surface area contributed by atoms with Crippen LogP contribution in [0.2, 0.25) is 0 Å². The summed E-state index contributed by atoms with van der Waals surface area (Å²) in [5, 5.41) is 13.8. The zero-order valence-electron chi connectivity index (χ0n) is 16.7. The van der Waals surface area contributed by atoms with Gasteiger partial charge in [-0.25, -0.2) is 4.79 Å². The van der Waals surface area contributed by atoms with Gasteiger partial charge in [0.05, 0.1) is 11.6 Å². The van der Waals surface area contributed by atoms with Crippen LogP contribution in [0, 0.1) is 18.3 Å². The van der Waals surface area contributed by atoms with Crippen LogP contribution in [0.5, 0.6) is 0 Å². The van der Waals surface area contributed by atoms with Crippen LogP contribution < -0.4 is 16.4 Å². The van der Waals surface area contributed by atoms with Crippen LogP contribution in [0.1, 0.15) is 12.0 Å². The number of hydrogen-bond donors (Lipinski definition) is 3. The molecule has 0 unspecified atom stereocenters. The van der Waals surface area contributed by atoms with Gasteiger partial charge in [-0.3, -0.25) is 9.78 Å². The normalized spacial score (nSPS) is 16.1. The maximum absolute atomic E-state index is 11.3. The van der Waals surface area contributed by atoms with E-state index >= 15 is 0 Å². The molecule has 3 aromatic rings. The topological polar surface area (TPSA) is 120 Å². The highest BCUT2D eigenvalue weighted by molar-refractivity contribution is 5.81. The summed E-state index contributed by atoms with van der Waals surface area (Å²) in [5.41, 5.74) is 4.74. The van der Waals surface area contributed by atoms with Crippen LogP contribution in [-0.2, 0) is 9.53 Å². The van der Waals surface area contributed by atoms with E-state index in [-0.39, 0.29) is 12.5 Å². The molecule has 2 heterocycles. The standard InChI is InChI=1S/C14H11NO2.C8H13N3O2/c1-9-2-4-10(5-3-9)11-6-7-13-12(8-11)15-14(16)17-13;9-2-4-11-8(12)7-6-10-3-1-5-13-7/h2-8H,1H3,(H,15,16);7,10H,1,3-6H2,(H,11,12)/t;7-/m.0/s1. The molecule has 4 rings (SSSR count). The number of carbonyl (C=O) groups excluding carboxylic acids is 1. The fourth-order valence-electron chi connectivity index (χ4n) is 3.00. The van der Waals surface area contributed by atoms with E-state index in [4.69, 9.17) is 14.4 Å². The number of aromatic amines is 1. The number of nitrogens with one attached hydrogen (secondary N) is 3. The average Bonchev–Trinajstić information content (AvgIpc) is 2.93. The van der Waals surface area contributed by atoms with Crippen molar-refractivity contribution in [1.82, 2.24) is 15.6 Å². The SMILES string of the molecule is Cc1ccc(-c2ccc3oc(=O)[nH]c3c2)cc1.N#CCNC(=O)[C@@H]1CNCCCO1. The highest BCUT2D eigenvalue weighted by Gasteiger charge is 2.19. The van der Waals surface area contributed by atoms with Gasteiger partial charge < -0.3 is 19.8 Å². The van der Waals surface area contributed by atoms with Crippen LogP contribution in [0.4, 0.5) is 0 Å². The lowest BCUT2D eigenvalue weighted by Gasteiger charge is -2.12. The number of ether oxygens (including phenoxy) is 1. The monoisotopic (exact) mass is 408 g/mol. The van der Waals surface area contributed by atoms with Crippen molar-refractivity contribution >= 4 is 17.0 Å². The van der Waals surface area contributed by atoms with Crippen molar-refractivity contribution < 1.29 is 13.9 Å². The van der Waals surface area contributed by atoms with Crippen molar-refractivity contribution in [2.75, 3.05) is 26.2 Å². The van der Waals surface area contributed by atoms with Crippen molar-refractivity contribution in [3.05, 3.63) is 58.6 Å². The van der Waals surface area contributed by atoms with Crippen molar-refractivity contribution in [2.45, 2.75) is 19.4 Å². The lowest BCUT2D eigenvalue weighted by molar-refractivity contribution is -0.131. The van der Waals surface area contributed by atoms with E-state index in [9.17, 15) is 9.59 Å². The van der Waals surface area contributed by atoms with Gasteiger partial charge in [0.25, 0.3) is 5.91 Å². The summed E-state index contributed by atoms with van der Waals surface area (Å²) in [6, 6.07) is 15.8. The van der Waals surface area contributed by atoms with E-state index in [0.29, 0.717) is 18.7 Å². The Morgan fingerprint density at radius 2 is 2.00 bits per heavy atom. The number of carbonyl (C=O) groups is 1. The molecule has 1 aromatic heterocycles. The molecule has 1 atom stereocenters. The molecular weight excluding hydrogens is 384 g/mol. The van der Waals surface area contributed by atoms with Crippen LogP contribution in [-0.4, -0.2) is 43.2 Å². The average molecular weight is 408 g/mol. The molecule has 1 aliphatic rings. The third-order valence-corrected chi connectivity index (χ3v) is 4.58. The first-order valence-corrected chi connectivity index (χ1v) is 9.74. The Bertz CT molecular complexity index is 1070. The lowest BCUT2D eigenvalue weighted by Crippen LogP contribution is -2.41. The number of rotatable bonds is 3. The number of amides is 1. The maximum Gasteiger partial charge on any atom is 0.417 e. The number of fused-ring (bicyclic) bond motifs is 1. The van der Waals surface area contributed by atoms with E-state index < -0.39 is 11.9 Å². The Labute approximate surface area is 173 Å². The summed E-state index contributed by atoms with van der Waals surface area (Å²) in [7, 11) is 0. The van der Waals surface area contributed by atoms with Gasteiger partial charge in [-0.15, -0.1) is 0 Å². The number of oxazole rings is 1. The van der Waals surface area contributed by atoms with E-state index in [1.165, 1.54) is 5.56 Å². The largest absolute Gasteiger partial charge is 0.417 e.